The maximum Gasteiger partial charge on any atom is 0.291 e. The smallest absolute Gasteiger partial charge is 0.291 e. The van der Waals surface area contributed by atoms with E-state index in [-0.39, 0.29) is 11.7 Å². The third kappa shape index (κ3) is 3.61. The Bertz CT molecular complexity index is 1210. The predicted octanol–water partition coefficient (Wildman–Crippen LogP) is 3.16. The van der Waals surface area contributed by atoms with Gasteiger partial charge in [-0.2, -0.15) is 9.50 Å². The standard InChI is InChI=1S/C21H19N3O3S/c1-13(2)27-17-10-6-15(7-11-17)19-22-21-24(23-19)20(25)18(28-21)12-14-4-8-16(26-3)9-5-14/h4-13H,1-3H3. The Balaban J connectivity index is 1.66. The molecule has 4 aromatic rings. The molecular formula is C21H19N3O3S. The lowest BCUT2D eigenvalue weighted by atomic mass is 10.2. The van der Waals surface area contributed by atoms with Gasteiger partial charge in [0.2, 0.25) is 4.96 Å². The second kappa shape index (κ2) is 7.44. The van der Waals surface area contributed by atoms with E-state index in [4.69, 9.17) is 9.47 Å². The Kier molecular flexibility index (Phi) is 4.83. The highest BCUT2D eigenvalue weighted by Crippen LogP contribution is 2.21. The zero-order valence-electron chi connectivity index (χ0n) is 15.7. The average molecular weight is 393 g/mol. The minimum absolute atomic E-state index is 0.116. The summed E-state index contributed by atoms with van der Waals surface area (Å²) in [4.78, 5) is 17.8. The minimum atomic E-state index is -0.172. The highest BCUT2D eigenvalue weighted by Gasteiger charge is 2.12. The van der Waals surface area contributed by atoms with Gasteiger partial charge in [0, 0.05) is 5.56 Å². The van der Waals surface area contributed by atoms with Crippen molar-refractivity contribution in [2.24, 2.45) is 0 Å². The van der Waals surface area contributed by atoms with Gasteiger partial charge < -0.3 is 9.47 Å². The van der Waals surface area contributed by atoms with Gasteiger partial charge in [-0.05, 0) is 61.9 Å². The van der Waals surface area contributed by atoms with E-state index in [0.29, 0.717) is 15.3 Å². The summed E-state index contributed by atoms with van der Waals surface area (Å²) in [6.07, 6.45) is 1.95. The molecule has 0 aliphatic rings. The molecule has 0 spiro atoms. The van der Waals surface area contributed by atoms with Crippen LogP contribution in [0.2, 0.25) is 0 Å². The molecule has 2 aromatic heterocycles. The fourth-order valence-electron chi connectivity index (χ4n) is 2.76. The van der Waals surface area contributed by atoms with Crippen LogP contribution in [0, 0.1) is 0 Å². The first-order valence-corrected chi connectivity index (χ1v) is 9.67. The number of thiazole rings is 1. The molecule has 0 fully saturated rings. The van der Waals surface area contributed by atoms with E-state index < -0.39 is 0 Å². The highest BCUT2D eigenvalue weighted by atomic mass is 32.1. The molecule has 0 unspecified atom stereocenters. The topological polar surface area (TPSA) is 65.7 Å². The van der Waals surface area contributed by atoms with Crippen LogP contribution in [-0.2, 0) is 0 Å². The van der Waals surface area contributed by atoms with Gasteiger partial charge in [0.05, 0.1) is 17.7 Å². The molecule has 142 valence electrons. The van der Waals surface area contributed by atoms with E-state index in [2.05, 4.69) is 10.1 Å². The Morgan fingerprint density at radius 3 is 2.32 bits per heavy atom. The average Bonchev–Trinajstić information content (AvgIpc) is 3.22. The van der Waals surface area contributed by atoms with Crippen molar-refractivity contribution in [2.75, 3.05) is 7.11 Å². The number of fused-ring (bicyclic) bond motifs is 1. The van der Waals surface area contributed by atoms with Gasteiger partial charge in [-0.1, -0.05) is 23.5 Å². The lowest BCUT2D eigenvalue weighted by Gasteiger charge is -2.09. The summed E-state index contributed by atoms with van der Waals surface area (Å²) < 4.78 is 12.7. The van der Waals surface area contributed by atoms with Crippen LogP contribution in [0.25, 0.3) is 22.4 Å². The molecule has 0 radical (unpaired) electrons. The molecule has 7 heteroatoms. The Morgan fingerprint density at radius 2 is 1.71 bits per heavy atom. The molecule has 2 heterocycles. The van der Waals surface area contributed by atoms with E-state index in [1.54, 1.807) is 7.11 Å². The van der Waals surface area contributed by atoms with Gasteiger partial charge in [0.25, 0.3) is 5.56 Å². The first kappa shape index (κ1) is 18.2. The minimum Gasteiger partial charge on any atom is -0.497 e. The summed E-state index contributed by atoms with van der Waals surface area (Å²) in [5.74, 6) is 2.09. The van der Waals surface area contributed by atoms with Crippen molar-refractivity contribution in [3.63, 3.8) is 0 Å². The number of rotatable bonds is 5. The Morgan fingerprint density at radius 1 is 1.04 bits per heavy atom. The van der Waals surface area contributed by atoms with E-state index >= 15 is 0 Å². The van der Waals surface area contributed by atoms with Crippen LogP contribution in [-0.4, -0.2) is 27.8 Å². The highest BCUT2D eigenvalue weighted by molar-refractivity contribution is 7.15. The molecular weight excluding hydrogens is 374 g/mol. The normalized spacial score (nSPS) is 12.1. The second-order valence-electron chi connectivity index (χ2n) is 6.51. The molecule has 0 atom stereocenters. The molecule has 0 bridgehead atoms. The second-order valence-corrected chi connectivity index (χ2v) is 7.52. The van der Waals surface area contributed by atoms with Gasteiger partial charge in [-0.15, -0.1) is 5.10 Å². The van der Waals surface area contributed by atoms with E-state index in [9.17, 15) is 4.79 Å². The monoisotopic (exact) mass is 393 g/mol. The molecule has 2 aromatic carbocycles. The number of hydrogen-bond donors (Lipinski definition) is 0. The van der Waals surface area contributed by atoms with Crippen molar-refractivity contribution >= 4 is 22.4 Å². The number of nitrogens with zero attached hydrogens (tertiary/aromatic N) is 3. The third-order valence-electron chi connectivity index (χ3n) is 4.08. The molecule has 6 nitrogen and oxygen atoms in total. The molecule has 0 amide bonds. The molecule has 0 aliphatic heterocycles. The lowest BCUT2D eigenvalue weighted by Crippen LogP contribution is -2.23. The predicted molar refractivity (Wildman–Crippen MR) is 110 cm³/mol. The number of benzene rings is 2. The number of methoxy groups -OCH3 is 1. The van der Waals surface area contributed by atoms with Crippen LogP contribution in [0.3, 0.4) is 0 Å². The van der Waals surface area contributed by atoms with Crippen molar-refractivity contribution < 1.29 is 9.47 Å². The maximum absolute atomic E-state index is 12.7. The maximum atomic E-state index is 12.7. The molecule has 0 N–H and O–H groups in total. The van der Waals surface area contributed by atoms with Crippen LogP contribution < -0.4 is 19.6 Å². The van der Waals surface area contributed by atoms with Crippen LogP contribution >= 0.6 is 11.3 Å². The summed E-state index contributed by atoms with van der Waals surface area (Å²) in [6, 6.07) is 15.1. The Hall–Kier alpha value is -3.19. The molecule has 28 heavy (non-hydrogen) atoms. The van der Waals surface area contributed by atoms with Crippen molar-refractivity contribution in [3.8, 4) is 22.9 Å². The number of aromatic nitrogens is 3. The molecule has 0 saturated carbocycles. The van der Waals surface area contributed by atoms with Gasteiger partial charge in [0.1, 0.15) is 11.5 Å². The van der Waals surface area contributed by atoms with E-state index in [1.807, 2.05) is 68.5 Å². The summed E-state index contributed by atoms with van der Waals surface area (Å²) in [6.45, 7) is 3.96. The largest absolute Gasteiger partial charge is 0.497 e. The van der Waals surface area contributed by atoms with Crippen molar-refractivity contribution in [1.29, 1.82) is 0 Å². The SMILES string of the molecule is COc1ccc(C=c2sc3nc(-c4ccc(OC(C)C)cc4)nn3c2=O)cc1. The van der Waals surface area contributed by atoms with Crippen LogP contribution in [0.15, 0.2) is 53.3 Å². The zero-order valence-corrected chi connectivity index (χ0v) is 16.6. The molecule has 0 saturated heterocycles. The van der Waals surface area contributed by atoms with Gasteiger partial charge >= 0.3 is 0 Å². The first-order valence-electron chi connectivity index (χ1n) is 8.86. The lowest BCUT2D eigenvalue weighted by molar-refractivity contribution is 0.242. The quantitative estimate of drug-likeness (QED) is 0.521. The van der Waals surface area contributed by atoms with E-state index in [0.717, 1.165) is 22.6 Å². The summed E-state index contributed by atoms with van der Waals surface area (Å²) in [5.41, 5.74) is 1.59. The van der Waals surface area contributed by atoms with Crippen LogP contribution in [0.4, 0.5) is 0 Å². The number of hydrogen-bond acceptors (Lipinski definition) is 6. The first-order chi connectivity index (χ1) is 13.5. The fourth-order valence-corrected chi connectivity index (χ4v) is 3.67. The van der Waals surface area contributed by atoms with Crippen molar-refractivity contribution in [1.82, 2.24) is 14.6 Å². The van der Waals surface area contributed by atoms with Gasteiger partial charge in [0.15, 0.2) is 5.82 Å². The number of ether oxygens (including phenoxy) is 2. The summed E-state index contributed by atoms with van der Waals surface area (Å²) in [7, 11) is 1.62. The zero-order chi connectivity index (χ0) is 19.7. The van der Waals surface area contributed by atoms with Gasteiger partial charge in [-0.25, -0.2) is 0 Å². The third-order valence-corrected chi connectivity index (χ3v) is 5.04. The Labute approximate surface area is 165 Å². The van der Waals surface area contributed by atoms with Crippen molar-refractivity contribution in [3.05, 3.63) is 69.0 Å². The molecule has 4 rings (SSSR count). The fraction of sp³-hybridized carbons (Fsp3) is 0.190. The van der Waals surface area contributed by atoms with Crippen LogP contribution in [0.1, 0.15) is 19.4 Å². The van der Waals surface area contributed by atoms with Gasteiger partial charge in [-0.3, -0.25) is 4.79 Å². The van der Waals surface area contributed by atoms with Crippen LogP contribution in [0.5, 0.6) is 11.5 Å². The molecule has 0 aliphatic carbocycles. The van der Waals surface area contributed by atoms with Crippen molar-refractivity contribution in [2.45, 2.75) is 20.0 Å². The summed E-state index contributed by atoms with van der Waals surface area (Å²) in [5, 5.41) is 4.39. The van der Waals surface area contributed by atoms with E-state index in [1.165, 1.54) is 15.9 Å². The summed E-state index contributed by atoms with van der Waals surface area (Å²) >= 11 is 1.32.